The first-order chi connectivity index (χ1) is 5.81. The Morgan fingerprint density at radius 3 is 2.50 bits per heavy atom. The van der Waals surface area contributed by atoms with Gasteiger partial charge in [0, 0.05) is 6.61 Å². The van der Waals surface area contributed by atoms with Crippen LogP contribution in [0.25, 0.3) is 0 Å². The molecule has 0 unspecified atom stereocenters. The lowest BCUT2D eigenvalue weighted by Gasteiger charge is -2.01. The van der Waals surface area contributed by atoms with E-state index in [2.05, 4.69) is 15.9 Å². The fraction of sp³-hybridized carbons (Fsp3) is 0.875. The molecule has 0 saturated heterocycles. The van der Waals surface area contributed by atoms with Crippen molar-refractivity contribution in [1.29, 1.82) is 0 Å². The van der Waals surface area contributed by atoms with Gasteiger partial charge in [-0.15, -0.1) is 0 Å². The lowest BCUT2D eigenvalue weighted by Crippen LogP contribution is -2.06. The summed E-state index contributed by atoms with van der Waals surface area (Å²) < 4.78 is 4.82. The molecule has 4 heteroatoms. The molecular weight excluding hydrogens is 224 g/mol. The van der Waals surface area contributed by atoms with Gasteiger partial charge in [-0.25, -0.2) is 0 Å². The molecule has 72 valence electrons. The number of hydrogen-bond donors (Lipinski definition) is 1. The Morgan fingerprint density at radius 1 is 1.25 bits per heavy atom. The minimum Gasteiger partial charge on any atom is -0.465 e. The minimum absolute atomic E-state index is 0.211. The minimum atomic E-state index is -0.211. The molecule has 1 N–H and O–H groups in total. The summed E-state index contributed by atoms with van der Waals surface area (Å²) in [5, 5.41) is 8.73. The maximum Gasteiger partial charge on any atom is 0.316 e. The molecule has 0 aliphatic carbocycles. The van der Waals surface area contributed by atoms with Crippen molar-refractivity contribution in [1.82, 2.24) is 0 Å². The van der Waals surface area contributed by atoms with E-state index in [0.29, 0.717) is 6.61 Å². The van der Waals surface area contributed by atoms with Gasteiger partial charge in [0.15, 0.2) is 0 Å². The van der Waals surface area contributed by atoms with E-state index >= 15 is 0 Å². The summed E-state index contributed by atoms with van der Waals surface area (Å²) in [6.45, 7) is 0.747. The largest absolute Gasteiger partial charge is 0.465 e. The molecule has 0 aliphatic rings. The van der Waals surface area contributed by atoms with Crippen LogP contribution in [0.5, 0.6) is 0 Å². The molecular formula is C8H15BrO3. The van der Waals surface area contributed by atoms with Crippen molar-refractivity contribution >= 4 is 21.9 Å². The fourth-order valence-corrected chi connectivity index (χ4v) is 0.954. The topological polar surface area (TPSA) is 46.5 Å². The molecule has 0 radical (unpaired) electrons. The number of hydrogen-bond acceptors (Lipinski definition) is 3. The third kappa shape index (κ3) is 8.01. The maximum atomic E-state index is 10.6. The molecule has 0 saturated carbocycles. The van der Waals surface area contributed by atoms with Crippen molar-refractivity contribution in [2.75, 3.05) is 18.5 Å². The molecule has 0 atom stereocenters. The Hall–Kier alpha value is -0.0900. The van der Waals surface area contributed by atoms with E-state index in [1.807, 2.05) is 0 Å². The Labute approximate surface area is 81.2 Å². The molecule has 0 spiro atoms. The summed E-state index contributed by atoms with van der Waals surface area (Å²) in [5.74, 6) is -0.211. The number of alkyl halides is 1. The van der Waals surface area contributed by atoms with Gasteiger partial charge in [0.2, 0.25) is 0 Å². The van der Waals surface area contributed by atoms with Gasteiger partial charge < -0.3 is 9.84 Å². The van der Waals surface area contributed by atoms with E-state index in [-0.39, 0.29) is 17.9 Å². The molecule has 0 aromatic heterocycles. The number of aliphatic hydroxyl groups is 1. The summed E-state index contributed by atoms with van der Waals surface area (Å²) in [5.41, 5.74) is 0. The van der Waals surface area contributed by atoms with Crippen LogP contribution >= 0.6 is 15.9 Å². The number of carbonyl (C=O) groups excluding carboxylic acids is 1. The average Bonchev–Trinajstić information content (AvgIpc) is 2.10. The third-order valence-electron chi connectivity index (χ3n) is 1.42. The van der Waals surface area contributed by atoms with Crippen molar-refractivity contribution in [2.24, 2.45) is 0 Å². The molecule has 0 fully saturated rings. The molecule has 3 nitrogen and oxygen atoms in total. The summed E-state index contributed by atoms with van der Waals surface area (Å²) >= 11 is 3.00. The number of rotatable bonds is 7. The molecule has 0 rings (SSSR count). The van der Waals surface area contributed by atoms with Gasteiger partial charge in [-0.1, -0.05) is 22.4 Å². The normalized spacial score (nSPS) is 9.83. The molecule has 0 aliphatic heterocycles. The highest BCUT2D eigenvalue weighted by molar-refractivity contribution is 9.09. The van der Waals surface area contributed by atoms with E-state index in [1.165, 1.54) is 0 Å². The predicted molar refractivity (Wildman–Crippen MR) is 50.3 cm³/mol. The highest BCUT2D eigenvalue weighted by Crippen LogP contribution is 1.99. The Balaban J connectivity index is 2.95. The van der Waals surface area contributed by atoms with Gasteiger partial charge in [0.1, 0.15) is 5.33 Å². The van der Waals surface area contributed by atoms with Crippen LogP contribution in [0, 0.1) is 0 Å². The standard InChI is InChI=1S/C8H15BrO3/c9-7-8(11)12-6-4-2-1-3-5-10/h10H,1-7H2. The van der Waals surface area contributed by atoms with Crippen LogP contribution in [-0.2, 0) is 9.53 Å². The molecule has 0 bridgehead atoms. The van der Waals surface area contributed by atoms with Crippen LogP contribution in [0.15, 0.2) is 0 Å². The highest BCUT2D eigenvalue weighted by atomic mass is 79.9. The monoisotopic (exact) mass is 238 g/mol. The summed E-state index contributed by atoms with van der Waals surface area (Å²) in [4.78, 5) is 10.6. The smallest absolute Gasteiger partial charge is 0.316 e. The number of halogens is 1. The van der Waals surface area contributed by atoms with Crippen molar-refractivity contribution < 1.29 is 14.6 Å². The van der Waals surface area contributed by atoms with E-state index in [9.17, 15) is 4.79 Å². The van der Waals surface area contributed by atoms with Crippen molar-refractivity contribution in [2.45, 2.75) is 25.7 Å². The summed E-state index contributed by atoms with van der Waals surface area (Å²) in [6.07, 6.45) is 3.74. The predicted octanol–water partition coefficient (Wildman–Crippen LogP) is 1.48. The number of aliphatic hydroxyl groups excluding tert-OH is 1. The lowest BCUT2D eigenvalue weighted by atomic mass is 10.2. The second kappa shape index (κ2) is 9.00. The molecule has 0 heterocycles. The van der Waals surface area contributed by atoms with Gasteiger partial charge in [-0.3, -0.25) is 4.79 Å². The van der Waals surface area contributed by atoms with Gasteiger partial charge in [0.05, 0.1) is 6.61 Å². The van der Waals surface area contributed by atoms with Crippen molar-refractivity contribution in [3.8, 4) is 0 Å². The Kier molecular flexibility index (Phi) is 8.93. The zero-order valence-electron chi connectivity index (χ0n) is 7.09. The van der Waals surface area contributed by atoms with Gasteiger partial charge >= 0.3 is 5.97 Å². The maximum absolute atomic E-state index is 10.6. The SMILES string of the molecule is O=C(CBr)OCCCCCCO. The summed E-state index contributed by atoms with van der Waals surface area (Å²) in [6, 6.07) is 0. The second-order valence-electron chi connectivity index (χ2n) is 2.49. The van der Waals surface area contributed by atoms with Crippen LogP contribution in [0.2, 0.25) is 0 Å². The Morgan fingerprint density at radius 2 is 1.92 bits per heavy atom. The van der Waals surface area contributed by atoms with E-state index in [1.54, 1.807) is 0 Å². The summed E-state index contributed by atoms with van der Waals surface area (Å²) in [7, 11) is 0. The van der Waals surface area contributed by atoms with Crippen LogP contribution < -0.4 is 0 Å². The molecule has 0 aromatic rings. The highest BCUT2D eigenvalue weighted by Gasteiger charge is 1.97. The first kappa shape index (κ1) is 11.9. The van der Waals surface area contributed by atoms with Crippen molar-refractivity contribution in [3.63, 3.8) is 0 Å². The van der Waals surface area contributed by atoms with Gasteiger partial charge in [0.25, 0.3) is 0 Å². The first-order valence-corrected chi connectivity index (χ1v) is 5.26. The van der Waals surface area contributed by atoms with Gasteiger partial charge in [-0.2, -0.15) is 0 Å². The van der Waals surface area contributed by atoms with Crippen LogP contribution in [0.3, 0.4) is 0 Å². The van der Waals surface area contributed by atoms with E-state index < -0.39 is 0 Å². The average molecular weight is 239 g/mol. The lowest BCUT2D eigenvalue weighted by molar-refractivity contribution is -0.140. The first-order valence-electron chi connectivity index (χ1n) is 4.13. The third-order valence-corrected chi connectivity index (χ3v) is 1.88. The molecule has 0 aromatic carbocycles. The molecule has 12 heavy (non-hydrogen) atoms. The number of unbranched alkanes of at least 4 members (excludes halogenated alkanes) is 3. The van der Waals surface area contributed by atoms with Crippen LogP contribution in [0.1, 0.15) is 25.7 Å². The van der Waals surface area contributed by atoms with E-state index in [4.69, 9.17) is 9.84 Å². The zero-order chi connectivity index (χ0) is 9.23. The number of ether oxygens (including phenoxy) is 1. The van der Waals surface area contributed by atoms with Crippen molar-refractivity contribution in [3.05, 3.63) is 0 Å². The quantitative estimate of drug-likeness (QED) is 0.416. The number of carbonyl (C=O) groups is 1. The number of esters is 1. The fourth-order valence-electron chi connectivity index (χ4n) is 0.792. The van der Waals surface area contributed by atoms with Crippen LogP contribution in [-0.4, -0.2) is 29.6 Å². The Bertz CT molecular complexity index is 117. The second-order valence-corrected chi connectivity index (χ2v) is 3.05. The molecule has 0 amide bonds. The zero-order valence-corrected chi connectivity index (χ0v) is 8.68. The van der Waals surface area contributed by atoms with E-state index in [0.717, 1.165) is 25.7 Å². The van der Waals surface area contributed by atoms with Gasteiger partial charge in [-0.05, 0) is 19.3 Å². The van der Waals surface area contributed by atoms with Crippen LogP contribution in [0.4, 0.5) is 0 Å².